The summed E-state index contributed by atoms with van der Waals surface area (Å²) in [5.41, 5.74) is 0.812. The Morgan fingerprint density at radius 2 is 1.96 bits per heavy atom. The van der Waals surface area contributed by atoms with Gasteiger partial charge in [-0.15, -0.1) is 11.8 Å². The third-order valence-corrected chi connectivity index (χ3v) is 6.05. The highest BCUT2D eigenvalue weighted by Gasteiger charge is 2.26. The van der Waals surface area contributed by atoms with Crippen molar-refractivity contribution in [3.63, 3.8) is 0 Å². The van der Waals surface area contributed by atoms with Crippen molar-refractivity contribution in [2.45, 2.75) is 56.5 Å². The van der Waals surface area contributed by atoms with Gasteiger partial charge in [-0.3, -0.25) is 14.5 Å². The molecule has 0 aromatic heterocycles. The van der Waals surface area contributed by atoms with Gasteiger partial charge in [0, 0.05) is 10.9 Å². The Labute approximate surface area is 161 Å². The van der Waals surface area contributed by atoms with E-state index in [-0.39, 0.29) is 30.4 Å². The molecule has 1 aromatic carbocycles. The quantitative estimate of drug-likeness (QED) is 0.715. The lowest BCUT2D eigenvalue weighted by Crippen LogP contribution is -2.50. The highest BCUT2D eigenvalue weighted by Crippen LogP contribution is 2.25. The predicted octanol–water partition coefficient (Wildman–Crippen LogP) is 3.36. The number of rotatable bonds is 7. The maximum atomic E-state index is 12.6. The average molecular weight is 378 g/mol. The summed E-state index contributed by atoms with van der Waals surface area (Å²) in [6.07, 6.45) is 6.63. The first-order valence-corrected chi connectivity index (χ1v) is 10.6. The molecule has 1 aromatic rings. The first-order chi connectivity index (χ1) is 12.4. The van der Waals surface area contributed by atoms with Crippen LogP contribution in [0.15, 0.2) is 29.2 Å². The van der Waals surface area contributed by atoms with E-state index in [1.165, 1.54) is 19.3 Å². The maximum Gasteiger partial charge on any atom is 0.238 e. The topological polar surface area (TPSA) is 61.4 Å². The summed E-state index contributed by atoms with van der Waals surface area (Å²) in [4.78, 5) is 27.7. The minimum atomic E-state index is -0.342. The van der Waals surface area contributed by atoms with Gasteiger partial charge in [0.1, 0.15) is 0 Å². The minimum Gasteiger partial charge on any atom is -0.352 e. The Kier molecular flexibility index (Phi) is 7.97. The average Bonchev–Trinajstić information content (AvgIpc) is 2.63. The second-order valence-corrected chi connectivity index (χ2v) is 8.06. The molecule has 3 atom stereocenters. The Hall–Kier alpha value is -1.53. The van der Waals surface area contributed by atoms with Crippen molar-refractivity contribution in [2.24, 2.45) is 5.92 Å². The number of nitrogens with zero attached hydrogens (tertiary/aromatic N) is 1. The molecule has 0 unspecified atom stereocenters. The van der Waals surface area contributed by atoms with Gasteiger partial charge in [0.15, 0.2) is 0 Å². The van der Waals surface area contributed by atoms with Crippen LogP contribution in [0.25, 0.3) is 0 Å². The van der Waals surface area contributed by atoms with Crippen molar-refractivity contribution in [1.29, 1.82) is 0 Å². The van der Waals surface area contributed by atoms with E-state index in [1.807, 2.05) is 44.5 Å². The third kappa shape index (κ3) is 5.74. The summed E-state index contributed by atoms with van der Waals surface area (Å²) >= 11 is 1.59. The summed E-state index contributed by atoms with van der Waals surface area (Å²) in [5.74, 6) is 0.416. The van der Waals surface area contributed by atoms with Crippen molar-refractivity contribution in [3.05, 3.63) is 24.3 Å². The van der Waals surface area contributed by atoms with Crippen LogP contribution in [0.1, 0.15) is 39.5 Å². The summed E-state index contributed by atoms with van der Waals surface area (Å²) in [6, 6.07) is 7.64. The van der Waals surface area contributed by atoms with Crippen LogP contribution in [-0.2, 0) is 9.59 Å². The van der Waals surface area contributed by atoms with Crippen LogP contribution >= 0.6 is 11.8 Å². The van der Waals surface area contributed by atoms with E-state index in [2.05, 4.69) is 17.6 Å². The maximum absolute atomic E-state index is 12.6. The predicted molar refractivity (Wildman–Crippen MR) is 109 cm³/mol. The number of nitrogens with one attached hydrogen (secondary N) is 2. The molecule has 2 rings (SSSR count). The molecule has 2 N–H and O–H groups in total. The van der Waals surface area contributed by atoms with Gasteiger partial charge in [0.05, 0.1) is 18.3 Å². The monoisotopic (exact) mass is 377 g/mol. The van der Waals surface area contributed by atoms with Crippen LogP contribution in [0.2, 0.25) is 0 Å². The Bertz CT molecular complexity index is 623. The van der Waals surface area contributed by atoms with Gasteiger partial charge in [-0.1, -0.05) is 31.9 Å². The van der Waals surface area contributed by atoms with Crippen molar-refractivity contribution >= 4 is 29.3 Å². The van der Waals surface area contributed by atoms with Crippen LogP contribution in [0.5, 0.6) is 0 Å². The van der Waals surface area contributed by atoms with E-state index in [0.29, 0.717) is 5.92 Å². The molecule has 0 bridgehead atoms. The zero-order chi connectivity index (χ0) is 19.1. The van der Waals surface area contributed by atoms with Crippen molar-refractivity contribution in [1.82, 2.24) is 10.2 Å². The fourth-order valence-electron chi connectivity index (χ4n) is 3.34. The number of hydrogen-bond acceptors (Lipinski definition) is 4. The van der Waals surface area contributed by atoms with Crippen molar-refractivity contribution in [2.75, 3.05) is 25.2 Å². The Morgan fingerprint density at radius 1 is 1.27 bits per heavy atom. The standard InChI is InChI=1S/C20H31N3O2S/c1-14-9-5-6-10-16(14)22-20(25)15(2)23(3)13-19(24)21-17-11-7-8-12-18(17)26-4/h7-8,11-12,14-16H,5-6,9-10,13H2,1-4H3,(H,21,24)(H,22,25)/t14-,15-,16+/m1/s1. The fourth-order valence-corrected chi connectivity index (χ4v) is 3.89. The third-order valence-electron chi connectivity index (χ3n) is 5.25. The number of carbonyl (C=O) groups is 2. The lowest BCUT2D eigenvalue weighted by Gasteiger charge is -2.32. The van der Waals surface area contributed by atoms with Gasteiger partial charge in [-0.2, -0.15) is 0 Å². The van der Waals surface area contributed by atoms with Crippen molar-refractivity contribution in [3.8, 4) is 0 Å². The molecule has 0 spiro atoms. The number of likely N-dealkylation sites (N-methyl/N-ethyl adjacent to an activating group) is 1. The molecule has 6 heteroatoms. The SMILES string of the molecule is CSc1ccccc1NC(=O)CN(C)[C@H](C)C(=O)N[C@H]1CCCC[C@H]1C. The Morgan fingerprint density at radius 3 is 2.65 bits per heavy atom. The van der Waals surface area contributed by atoms with Gasteiger partial charge in [0.2, 0.25) is 11.8 Å². The smallest absolute Gasteiger partial charge is 0.238 e. The van der Waals surface area contributed by atoms with Crippen LogP contribution < -0.4 is 10.6 Å². The van der Waals surface area contributed by atoms with Crippen LogP contribution in [0.4, 0.5) is 5.69 Å². The summed E-state index contributed by atoms with van der Waals surface area (Å²) < 4.78 is 0. The fraction of sp³-hybridized carbons (Fsp3) is 0.600. The Balaban J connectivity index is 1.86. The molecule has 2 amide bonds. The van der Waals surface area contributed by atoms with Gasteiger partial charge in [-0.25, -0.2) is 0 Å². The highest BCUT2D eigenvalue weighted by atomic mass is 32.2. The lowest BCUT2D eigenvalue weighted by molar-refractivity contribution is -0.127. The molecule has 1 aliphatic carbocycles. The first kappa shape index (κ1) is 20.8. The molecular formula is C20H31N3O2S. The van der Waals surface area contributed by atoms with Gasteiger partial charge >= 0.3 is 0 Å². The first-order valence-electron chi connectivity index (χ1n) is 9.36. The van der Waals surface area contributed by atoms with Gasteiger partial charge < -0.3 is 10.6 Å². The molecule has 5 nitrogen and oxygen atoms in total. The molecule has 0 saturated heterocycles. The summed E-state index contributed by atoms with van der Waals surface area (Å²) in [7, 11) is 1.81. The number of thioether (sulfide) groups is 1. The molecule has 0 aliphatic heterocycles. The van der Waals surface area contributed by atoms with Crippen LogP contribution in [0.3, 0.4) is 0 Å². The molecular weight excluding hydrogens is 346 g/mol. The number of hydrogen-bond donors (Lipinski definition) is 2. The number of para-hydroxylation sites is 1. The molecule has 144 valence electrons. The van der Waals surface area contributed by atoms with Crippen molar-refractivity contribution < 1.29 is 9.59 Å². The molecule has 0 heterocycles. The summed E-state index contributed by atoms with van der Waals surface area (Å²) in [5, 5.41) is 6.12. The highest BCUT2D eigenvalue weighted by molar-refractivity contribution is 7.98. The molecule has 0 radical (unpaired) electrons. The van der Waals surface area contributed by atoms with Gasteiger partial charge in [0.25, 0.3) is 0 Å². The summed E-state index contributed by atoms with van der Waals surface area (Å²) in [6.45, 7) is 4.23. The van der Waals surface area contributed by atoms with E-state index in [1.54, 1.807) is 16.7 Å². The van der Waals surface area contributed by atoms with E-state index in [0.717, 1.165) is 17.0 Å². The second-order valence-electron chi connectivity index (χ2n) is 7.22. The van der Waals surface area contributed by atoms with Crippen LogP contribution in [-0.4, -0.2) is 48.6 Å². The minimum absolute atomic E-state index is 0.00330. The zero-order valence-electron chi connectivity index (χ0n) is 16.2. The molecule has 1 saturated carbocycles. The van der Waals surface area contributed by atoms with E-state index >= 15 is 0 Å². The molecule has 26 heavy (non-hydrogen) atoms. The molecule has 1 fully saturated rings. The second kappa shape index (κ2) is 9.97. The zero-order valence-corrected chi connectivity index (χ0v) is 17.1. The number of anilines is 1. The largest absolute Gasteiger partial charge is 0.352 e. The molecule has 1 aliphatic rings. The number of amides is 2. The normalized spacial score (nSPS) is 21.3. The number of benzene rings is 1. The lowest BCUT2D eigenvalue weighted by atomic mass is 9.86. The van der Waals surface area contributed by atoms with E-state index in [9.17, 15) is 9.59 Å². The van der Waals surface area contributed by atoms with E-state index < -0.39 is 0 Å². The van der Waals surface area contributed by atoms with Crippen LogP contribution in [0, 0.1) is 5.92 Å². The van der Waals surface area contributed by atoms with Gasteiger partial charge in [-0.05, 0) is 51.1 Å². The van der Waals surface area contributed by atoms with E-state index in [4.69, 9.17) is 0 Å². The number of carbonyl (C=O) groups excluding carboxylic acids is 2.